The second-order valence-electron chi connectivity index (χ2n) is 9.00. The van der Waals surface area contributed by atoms with Crippen molar-refractivity contribution in [2.45, 2.75) is 50.8 Å². The number of piperidine rings is 1. The Labute approximate surface area is 163 Å². The number of likely N-dealkylation sites (tertiary alicyclic amines) is 1. The average molecular weight is 381 g/mol. The molecule has 4 aliphatic rings. The monoisotopic (exact) mass is 380 g/mol. The molecule has 0 aromatic heterocycles. The summed E-state index contributed by atoms with van der Waals surface area (Å²) in [5, 5.41) is 0. The third kappa shape index (κ3) is 4.42. The fourth-order valence-electron chi connectivity index (χ4n) is 5.00. The number of piperazine rings is 1. The van der Waals surface area contributed by atoms with Crippen LogP contribution in [-0.2, 0) is 9.47 Å². The zero-order chi connectivity index (χ0) is 18.9. The Morgan fingerprint density at radius 1 is 1.07 bits per heavy atom. The molecule has 4 fully saturated rings. The highest BCUT2D eigenvalue weighted by molar-refractivity contribution is 5.70. The van der Waals surface area contributed by atoms with Crippen molar-refractivity contribution in [3.05, 3.63) is 0 Å². The molecule has 4 rings (SSSR count). The first-order chi connectivity index (χ1) is 13.0. The van der Waals surface area contributed by atoms with E-state index in [4.69, 9.17) is 9.47 Å². The zero-order valence-electron chi connectivity index (χ0n) is 17.1. The topological polar surface area (TPSA) is 48.5 Å². The van der Waals surface area contributed by atoms with Crippen LogP contribution < -0.4 is 0 Å². The van der Waals surface area contributed by atoms with Crippen LogP contribution in [0.5, 0.6) is 0 Å². The van der Waals surface area contributed by atoms with Crippen LogP contribution in [-0.4, -0.2) is 115 Å². The number of ether oxygens (including phenoxy) is 2. The highest BCUT2D eigenvalue weighted by atomic mass is 16.6. The Morgan fingerprint density at radius 3 is 2.44 bits per heavy atom. The first-order valence-electron chi connectivity index (χ1n) is 10.8. The van der Waals surface area contributed by atoms with E-state index in [1.165, 1.54) is 0 Å². The average Bonchev–Trinajstić information content (AvgIpc) is 3.30. The summed E-state index contributed by atoms with van der Waals surface area (Å²) >= 11 is 0. The van der Waals surface area contributed by atoms with Gasteiger partial charge in [-0.05, 0) is 20.3 Å². The second-order valence-corrected chi connectivity index (χ2v) is 9.00. The quantitative estimate of drug-likeness (QED) is 0.712. The lowest BCUT2D eigenvalue weighted by molar-refractivity contribution is -0.0112. The summed E-state index contributed by atoms with van der Waals surface area (Å²) in [6, 6.07) is 1.20. The van der Waals surface area contributed by atoms with Gasteiger partial charge in [0.1, 0.15) is 5.60 Å². The van der Waals surface area contributed by atoms with Gasteiger partial charge in [-0.3, -0.25) is 14.7 Å². The smallest absolute Gasteiger partial charge is 0.410 e. The van der Waals surface area contributed by atoms with Crippen molar-refractivity contribution in [3.8, 4) is 0 Å². The van der Waals surface area contributed by atoms with Crippen molar-refractivity contribution in [2.24, 2.45) is 0 Å². The molecule has 4 saturated heterocycles. The number of amides is 1. The highest BCUT2D eigenvalue weighted by Gasteiger charge is 2.47. The van der Waals surface area contributed by atoms with Crippen molar-refractivity contribution >= 4 is 6.09 Å². The van der Waals surface area contributed by atoms with Crippen LogP contribution >= 0.6 is 0 Å². The fourth-order valence-corrected chi connectivity index (χ4v) is 5.00. The Balaban J connectivity index is 1.21. The van der Waals surface area contributed by atoms with Gasteiger partial charge >= 0.3 is 6.09 Å². The van der Waals surface area contributed by atoms with Gasteiger partial charge in [0.25, 0.3) is 0 Å². The third-order valence-corrected chi connectivity index (χ3v) is 7.00. The maximum Gasteiger partial charge on any atom is 0.410 e. The number of carbonyl (C=O) groups excluding carboxylic acids is 1. The molecule has 7 heteroatoms. The minimum Gasteiger partial charge on any atom is -0.441 e. The largest absolute Gasteiger partial charge is 0.441 e. The minimum atomic E-state index is -0.247. The Kier molecular flexibility index (Phi) is 5.92. The summed E-state index contributed by atoms with van der Waals surface area (Å²) < 4.78 is 11.4. The maximum atomic E-state index is 12.4. The molecular weight excluding hydrogens is 344 g/mol. The van der Waals surface area contributed by atoms with Crippen molar-refractivity contribution in [3.63, 3.8) is 0 Å². The molecule has 0 aromatic carbocycles. The van der Waals surface area contributed by atoms with Gasteiger partial charge in [-0.15, -0.1) is 0 Å². The van der Waals surface area contributed by atoms with E-state index in [2.05, 4.69) is 28.5 Å². The molecule has 4 aliphatic heterocycles. The Bertz CT molecular complexity index is 507. The number of rotatable bonds is 5. The van der Waals surface area contributed by atoms with E-state index in [0.29, 0.717) is 12.1 Å². The van der Waals surface area contributed by atoms with Crippen LogP contribution in [0.25, 0.3) is 0 Å². The van der Waals surface area contributed by atoms with Crippen molar-refractivity contribution in [1.29, 1.82) is 0 Å². The summed E-state index contributed by atoms with van der Waals surface area (Å²) in [5.41, 5.74) is -0.247. The van der Waals surface area contributed by atoms with Crippen LogP contribution in [0, 0.1) is 0 Å². The zero-order valence-corrected chi connectivity index (χ0v) is 17.1. The molecule has 154 valence electrons. The fraction of sp³-hybridized carbons (Fsp3) is 0.950. The SMILES string of the molecule is CC(C)N1CCN(CCN2CC3(CCN([C@@H]4CCOC4)CC3)OC2=O)CC1. The van der Waals surface area contributed by atoms with Crippen LogP contribution in [0.4, 0.5) is 4.79 Å². The molecule has 0 radical (unpaired) electrons. The highest BCUT2D eigenvalue weighted by Crippen LogP contribution is 2.34. The van der Waals surface area contributed by atoms with E-state index in [1.807, 2.05) is 4.90 Å². The van der Waals surface area contributed by atoms with E-state index < -0.39 is 0 Å². The molecule has 7 nitrogen and oxygen atoms in total. The number of carbonyl (C=O) groups is 1. The van der Waals surface area contributed by atoms with Gasteiger partial charge in [0, 0.05) is 83.9 Å². The molecule has 1 atom stereocenters. The van der Waals surface area contributed by atoms with E-state index in [0.717, 1.165) is 91.4 Å². The van der Waals surface area contributed by atoms with Crippen molar-refractivity contribution < 1.29 is 14.3 Å². The molecule has 0 saturated carbocycles. The van der Waals surface area contributed by atoms with E-state index in [9.17, 15) is 4.79 Å². The predicted octanol–water partition coefficient (Wildman–Crippen LogP) is 1.09. The molecule has 0 N–H and O–H groups in total. The standard InChI is InChI=1S/C20H36N4O3/c1-17(2)22-11-8-21(9-12-22)10-13-24-16-20(27-19(24)25)4-6-23(7-5-20)18-3-14-26-15-18/h17-18H,3-16H2,1-2H3/t18-/m1/s1. The lowest BCUT2D eigenvalue weighted by atomic mass is 9.90. The van der Waals surface area contributed by atoms with E-state index in [-0.39, 0.29) is 11.7 Å². The maximum absolute atomic E-state index is 12.4. The lowest BCUT2D eigenvalue weighted by Crippen LogP contribution is -2.51. The van der Waals surface area contributed by atoms with Gasteiger partial charge in [0.05, 0.1) is 13.2 Å². The number of hydrogen-bond acceptors (Lipinski definition) is 6. The van der Waals surface area contributed by atoms with Crippen molar-refractivity contribution in [2.75, 3.05) is 72.1 Å². The number of hydrogen-bond donors (Lipinski definition) is 0. The normalized spacial score (nSPS) is 30.6. The van der Waals surface area contributed by atoms with Crippen LogP contribution in [0.3, 0.4) is 0 Å². The Morgan fingerprint density at radius 2 is 1.81 bits per heavy atom. The van der Waals surface area contributed by atoms with Crippen LogP contribution in [0.1, 0.15) is 33.1 Å². The summed E-state index contributed by atoms with van der Waals surface area (Å²) in [6.45, 7) is 15.3. The molecule has 1 amide bonds. The van der Waals surface area contributed by atoms with Gasteiger partial charge in [0.2, 0.25) is 0 Å². The predicted molar refractivity (Wildman–Crippen MR) is 104 cm³/mol. The molecule has 27 heavy (non-hydrogen) atoms. The molecule has 1 spiro atoms. The summed E-state index contributed by atoms with van der Waals surface area (Å²) in [7, 11) is 0. The Hall–Kier alpha value is -0.890. The molecule has 0 bridgehead atoms. The van der Waals surface area contributed by atoms with Gasteiger partial charge in [0.15, 0.2) is 0 Å². The molecule has 0 aliphatic carbocycles. The second kappa shape index (κ2) is 8.23. The van der Waals surface area contributed by atoms with Gasteiger partial charge in [-0.25, -0.2) is 4.79 Å². The van der Waals surface area contributed by atoms with Crippen LogP contribution in [0.15, 0.2) is 0 Å². The molecule has 0 aromatic rings. The van der Waals surface area contributed by atoms with Gasteiger partial charge in [-0.2, -0.15) is 0 Å². The summed E-state index contributed by atoms with van der Waals surface area (Å²) in [5.74, 6) is 0. The van der Waals surface area contributed by atoms with E-state index in [1.54, 1.807) is 0 Å². The lowest BCUT2D eigenvalue weighted by Gasteiger charge is -2.40. The van der Waals surface area contributed by atoms with E-state index >= 15 is 0 Å². The third-order valence-electron chi connectivity index (χ3n) is 7.00. The first-order valence-corrected chi connectivity index (χ1v) is 10.8. The van der Waals surface area contributed by atoms with Gasteiger partial charge < -0.3 is 14.4 Å². The van der Waals surface area contributed by atoms with Crippen LogP contribution in [0.2, 0.25) is 0 Å². The molecular formula is C20H36N4O3. The van der Waals surface area contributed by atoms with Gasteiger partial charge in [-0.1, -0.05) is 0 Å². The molecule has 4 heterocycles. The summed E-state index contributed by atoms with van der Waals surface area (Å²) in [6.07, 6.45) is 2.95. The first kappa shape index (κ1) is 19.4. The van der Waals surface area contributed by atoms with Crippen molar-refractivity contribution in [1.82, 2.24) is 19.6 Å². The number of nitrogens with zero attached hydrogens (tertiary/aromatic N) is 4. The minimum absolute atomic E-state index is 0.103. The molecule has 0 unspecified atom stereocenters. The summed E-state index contributed by atoms with van der Waals surface area (Å²) in [4.78, 5) is 21.9.